The first-order valence-corrected chi connectivity index (χ1v) is 7.69. The van der Waals surface area contributed by atoms with E-state index >= 15 is 0 Å². The third-order valence-corrected chi connectivity index (χ3v) is 3.75. The summed E-state index contributed by atoms with van der Waals surface area (Å²) in [7, 11) is 0. The molecule has 0 aliphatic heterocycles. The highest BCUT2D eigenvalue weighted by Gasteiger charge is 2.08. The number of nitrogens with zero attached hydrogens (tertiary/aromatic N) is 1. The third kappa shape index (κ3) is 4.19. The lowest BCUT2D eigenvalue weighted by molar-refractivity contribution is 0.0526. The number of carbonyl (C=O) groups excluding carboxylic acids is 1. The van der Waals surface area contributed by atoms with Crippen molar-refractivity contribution in [3.05, 3.63) is 39.8 Å². The summed E-state index contributed by atoms with van der Waals surface area (Å²) in [6.45, 7) is 4.86. The lowest BCUT2D eigenvalue weighted by Crippen LogP contribution is -2.09. The zero-order valence-corrected chi connectivity index (χ0v) is 13.0. The maximum Gasteiger partial charge on any atom is 0.338 e. The number of hydrogen-bond acceptors (Lipinski definition) is 6. The van der Waals surface area contributed by atoms with Crippen molar-refractivity contribution in [2.45, 2.75) is 20.3 Å². The molecule has 1 heterocycles. The van der Waals surface area contributed by atoms with Gasteiger partial charge >= 0.3 is 5.97 Å². The third-order valence-electron chi connectivity index (χ3n) is 2.93. The number of nitrogens with two attached hydrogens (primary N) is 1. The van der Waals surface area contributed by atoms with Gasteiger partial charge in [-0.2, -0.15) is 0 Å². The van der Waals surface area contributed by atoms with E-state index in [2.05, 4.69) is 15.7 Å². The number of nitrogens with one attached hydrogen (secondary N) is 1. The van der Waals surface area contributed by atoms with Gasteiger partial charge in [-0.1, -0.05) is 0 Å². The molecule has 0 saturated carbocycles. The highest BCUT2D eigenvalue weighted by atomic mass is 32.1. The van der Waals surface area contributed by atoms with Crippen LogP contribution in [0.5, 0.6) is 0 Å². The smallest absolute Gasteiger partial charge is 0.338 e. The molecule has 3 N–H and O–H groups in total. The number of aryl methyl sites for hydroxylation is 1. The molecule has 1 aromatic carbocycles. The van der Waals surface area contributed by atoms with Crippen LogP contribution in [0.4, 0.5) is 11.4 Å². The fourth-order valence-electron chi connectivity index (χ4n) is 1.91. The molecular formula is C15H19N3O2S. The van der Waals surface area contributed by atoms with Crippen LogP contribution in [-0.2, 0) is 11.2 Å². The van der Waals surface area contributed by atoms with Crippen molar-refractivity contribution < 1.29 is 9.53 Å². The molecule has 1 aromatic heterocycles. The molecule has 0 aliphatic carbocycles. The van der Waals surface area contributed by atoms with Gasteiger partial charge in [0.05, 0.1) is 34.2 Å². The second-order valence-electron chi connectivity index (χ2n) is 4.56. The highest BCUT2D eigenvalue weighted by Crippen LogP contribution is 2.20. The molecule has 2 aromatic rings. The van der Waals surface area contributed by atoms with Crippen molar-refractivity contribution in [3.63, 3.8) is 0 Å². The van der Waals surface area contributed by atoms with Crippen LogP contribution < -0.4 is 11.1 Å². The highest BCUT2D eigenvalue weighted by molar-refractivity contribution is 7.09. The van der Waals surface area contributed by atoms with Crippen LogP contribution in [-0.4, -0.2) is 24.1 Å². The maximum atomic E-state index is 11.6. The summed E-state index contributed by atoms with van der Waals surface area (Å²) in [6.07, 6.45) is 0.837. The molecule has 0 fully saturated rings. The van der Waals surface area contributed by atoms with Gasteiger partial charge in [-0.05, 0) is 32.0 Å². The normalized spacial score (nSPS) is 10.4. The second-order valence-corrected chi connectivity index (χ2v) is 5.62. The van der Waals surface area contributed by atoms with Crippen LogP contribution in [0.25, 0.3) is 0 Å². The molecule has 5 nitrogen and oxygen atoms in total. The maximum absolute atomic E-state index is 11.6. The number of nitrogen functional groups attached to an aromatic ring is 1. The number of aromatic nitrogens is 1. The molecule has 112 valence electrons. The summed E-state index contributed by atoms with van der Waals surface area (Å²) in [6, 6.07) is 5.14. The van der Waals surface area contributed by atoms with Gasteiger partial charge in [0.15, 0.2) is 0 Å². The van der Waals surface area contributed by atoms with E-state index in [4.69, 9.17) is 10.5 Å². The fourth-order valence-corrected chi connectivity index (χ4v) is 2.56. The van der Waals surface area contributed by atoms with Gasteiger partial charge in [0.2, 0.25) is 0 Å². The SMILES string of the molecule is CCOC(=O)c1ccc(NCCc2csc(C)n2)c(N)c1. The van der Waals surface area contributed by atoms with Gasteiger partial charge in [-0.25, -0.2) is 9.78 Å². The van der Waals surface area contributed by atoms with E-state index in [9.17, 15) is 4.79 Å². The van der Waals surface area contributed by atoms with Crippen LogP contribution in [0.15, 0.2) is 23.6 Å². The molecule has 21 heavy (non-hydrogen) atoms. The summed E-state index contributed by atoms with van der Waals surface area (Å²) in [5.74, 6) is -0.353. The number of benzene rings is 1. The molecule has 0 bridgehead atoms. The van der Waals surface area contributed by atoms with Crippen LogP contribution in [0.2, 0.25) is 0 Å². The van der Waals surface area contributed by atoms with Crippen molar-refractivity contribution in [2.24, 2.45) is 0 Å². The number of anilines is 2. The van der Waals surface area contributed by atoms with Gasteiger partial charge in [-0.15, -0.1) is 11.3 Å². The van der Waals surface area contributed by atoms with E-state index in [-0.39, 0.29) is 5.97 Å². The molecule has 0 unspecified atom stereocenters. The molecule has 2 rings (SSSR count). The van der Waals surface area contributed by atoms with Gasteiger partial charge < -0.3 is 15.8 Å². The zero-order valence-electron chi connectivity index (χ0n) is 12.2. The molecule has 0 radical (unpaired) electrons. The zero-order chi connectivity index (χ0) is 15.2. The van der Waals surface area contributed by atoms with Crippen LogP contribution in [0, 0.1) is 6.92 Å². The average molecular weight is 305 g/mol. The summed E-state index contributed by atoms with van der Waals surface area (Å²) in [5.41, 5.74) is 8.85. The minimum absolute atomic E-state index is 0.353. The Balaban J connectivity index is 1.93. The van der Waals surface area contributed by atoms with Crippen molar-refractivity contribution in [3.8, 4) is 0 Å². The summed E-state index contributed by atoms with van der Waals surface area (Å²) >= 11 is 1.65. The molecule has 0 amide bonds. The first kappa shape index (κ1) is 15.3. The quantitative estimate of drug-likeness (QED) is 0.634. The topological polar surface area (TPSA) is 77.2 Å². The fraction of sp³-hybridized carbons (Fsp3) is 0.333. The number of ether oxygens (including phenoxy) is 1. The van der Waals surface area contributed by atoms with Gasteiger partial charge in [0.25, 0.3) is 0 Å². The Labute approximate surface area is 128 Å². The van der Waals surface area contributed by atoms with Crippen LogP contribution in [0.3, 0.4) is 0 Å². The Morgan fingerprint density at radius 3 is 2.90 bits per heavy atom. The molecule has 0 saturated heterocycles. The summed E-state index contributed by atoms with van der Waals surface area (Å²) in [5, 5.41) is 6.39. The Bertz CT molecular complexity index is 625. The minimum atomic E-state index is -0.353. The van der Waals surface area contributed by atoms with E-state index in [0.29, 0.717) is 17.9 Å². The van der Waals surface area contributed by atoms with E-state index in [1.165, 1.54) is 0 Å². The van der Waals surface area contributed by atoms with E-state index in [1.807, 2.05) is 6.92 Å². The van der Waals surface area contributed by atoms with Gasteiger partial charge in [0.1, 0.15) is 0 Å². The molecule has 6 heteroatoms. The first-order chi connectivity index (χ1) is 10.1. The van der Waals surface area contributed by atoms with Crippen molar-refractivity contribution in [1.82, 2.24) is 4.98 Å². The van der Waals surface area contributed by atoms with Gasteiger partial charge in [0, 0.05) is 18.3 Å². The van der Waals surface area contributed by atoms with Gasteiger partial charge in [-0.3, -0.25) is 0 Å². The van der Waals surface area contributed by atoms with E-state index in [0.717, 1.165) is 29.4 Å². The number of carbonyl (C=O) groups is 1. The lowest BCUT2D eigenvalue weighted by Gasteiger charge is -2.10. The number of rotatable bonds is 6. The number of thiazole rings is 1. The minimum Gasteiger partial charge on any atom is -0.462 e. The Morgan fingerprint density at radius 2 is 2.29 bits per heavy atom. The Kier molecular flexibility index (Phi) is 5.16. The average Bonchev–Trinajstić information content (AvgIpc) is 2.86. The molecular weight excluding hydrogens is 286 g/mol. The predicted octanol–water partition coefficient (Wildman–Crippen LogP) is 2.87. The Hall–Kier alpha value is -2.08. The molecule has 0 spiro atoms. The van der Waals surface area contributed by atoms with Crippen LogP contribution >= 0.6 is 11.3 Å². The molecule has 0 atom stereocenters. The van der Waals surface area contributed by atoms with E-state index in [1.54, 1.807) is 36.5 Å². The van der Waals surface area contributed by atoms with Crippen LogP contribution in [0.1, 0.15) is 28.0 Å². The largest absolute Gasteiger partial charge is 0.462 e. The monoisotopic (exact) mass is 305 g/mol. The molecule has 0 aliphatic rings. The summed E-state index contributed by atoms with van der Waals surface area (Å²) < 4.78 is 4.94. The predicted molar refractivity (Wildman–Crippen MR) is 85.9 cm³/mol. The standard InChI is InChI=1S/C15H19N3O2S/c1-3-20-15(19)11-4-5-14(13(16)8-11)17-7-6-12-9-21-10(2)18-12/h4-5,8-9,17H,3,6-7,16H2,1-2H3. The second kappa shape index (κ2) is 7.08. The van der Waals surface area contributed by atoms with Crippen molar-refractivity contribution >= 4 is 28.7 Å². The van der Waals surface area contributed by atoms with Crippen molar-refractivity contribution in [1.29, 1.82) is 0 Å². The summed E-state index contributed by atoms with van der Waals surface area (Å²) in [4.78, 5) is 16.0. The first-order valence-electron chi connectivity index (χ1n) is 6.81. The van der Waals surface area contributed by atoms with E-state index < -0.39 is 0 Å². The number of hydrogen-bond donors (Lipinski definition) is 2. The Morgan fingerprint density at radius 1 is 1.48 bits per heavy atom. The lowest BCUT2D eigenvalue weighted by atomic mass is 10.1. The number of esters is 1. The van der Waals surface area contributed by atoms with Crippen molar-refractivity contribution in [2.75, 3.05) is 24.2 Å².